The molecule has 3 heterocycles. The van der Waals surface area contributed by atoms with E-state index in [1.165, 1.54) is 0 Å². The van der Waals surface area contributed by atoms with E-state index in [1.54, 1.807) is 0 Å². The summed E-state index contributed by atoms with van der Waals surface area (Å²) in [5.41, 5.74) is 3.67. The van der Waals surface area contributed by atoms with Gasteiger partial charge in [-0.1, -0.05) is 23.8 Å². The fraction of sp³-hybridized carbons (Fsp3) is 0.478. The van der Waals surface area contributed by atoms with Gasteiger partial charge in [0.2, 0.25) is 0 Å². The van der Waals surface area contributed by atoms with Crippen LogP contribution in [-0.2, 0) is 16.1 Å². The summed E-state index contributed by atoms with van der Waals surface area (Å²) in [7, 11) is 0. The average molecular weight is 380 g/mol. The summed E-state index contributed by atoms with van der Waals surface area (Å²) < 4.78 is 12.0. The average Bonchev–Trinajstić information content (AvgIpc) is 3.07. The number of ether oxygens (including phenoxy) is 2. The first-order chi connectivity index (χ1) is 13.6. The molecule has 5 heteroatoms. The number of nitrogens with zero attached hydrogens (tertiary/aromatic N) is 2. The number of amides is 1. The van der Waals surface area contributed by atoms with Gasteiger partial charge in [0, 0.05) is 24.5 Å². The predicted octanol–water partition coefficient (Wildman–Crippen LogP) is 3.54. The van der Waals surface area contributed by atoms with E-state index in [9.17, 15) is 4.79 Å². The molecule has 1 atom stereocenters. The van der Waals surface area contributed by atoms with Gasteiger partial charge >= 0.3 is 0 Å². The van der Waals surface area contributed by atoms with Crippen molar-refractivity contribution < 1.29 is 14.3 Å². The summed E-state index contributed by atoms with van der Waals surface area (Å²) in [5.74, 6) is 0.546. The topological polar surface area (TPSA) is 51.7 Å². The van der Waals surface area contributed by atoms with Gasteiger partial charge < -0.3 is 14.4 Å². The highest BCUT2D eigenvalue weighted by molar-refractivity contribution is 5.95. The molecule has 0 saturated carbocycles. The van der Waals surface area contributed by atoms with Gasteiger partial charge in [-0.05, 0) is 56.9 Å². The normalized spacial score (nSPS) is 20.4. The lowest BCUT2D eigenvalue weighted by molar-refractivity contribution is -0.120. The van der Waals surface area contributed by atoms with Crippen LogP contribution in [0.2, 0.25) is 0 Å². The van der Waals surface area contributed by atoms with Crippen LogP contribution in [-0.4, -0.2) is 47.7 Å². The summed E-state index contributed by atoms with van der Waals surface area (Å²) in [5, 5.41) is 0. The van der Waals surface area contributed by atoms with Crippen LogP contribution in [0.5, 0.6) is 0 Å². The first-order valence-electron chi connectivity index (χ1n) is 10.1. The molecule has 2 fully saturated rings. The number of rotatable bonds is 6. The first-order valence-corrected chi connectivity index (χ1v) is 10.1. The maximum Gasteiger partial charge on any atom is 0.254 e. The SMILES string of the molecule is Cc1cccc(C(=O)N2CC3(C2)OCC[C@H]3CCOCc2cccc(C)n2)c1. The molecule has 2 saturated heterocycles. The predicted molar refractivity (Wildman–Crippen MR) is 107 cm³/mol. The molecular formula is C23H28N2O3. The molecule has 148 valence electrons. The van der Waals surface area contributed by atoms with Crippen molar-refractivity contribution in [2.75, 3.05) is 26.3 Å². The molecule has 4 rings (SSSR count). The number of likely N-dealkylation sites (tertiary alicyclic amines) is 1. The third kappa shape index (κ3) is 3.96. The van der Waals surface area contributed by atoms with Crippen LogP contribution in [0.15, 0.2) is 42.5 Å². The largest absolute Gasteiger partial charge is 0.375 e. The van der Waals surface area contributed by atoms with E-state index in [2.05, 4.69) is 4.98 Å². The zero-order valence-corrected chi connectivity index (χ0v) is 16.7. The van der Waals surface area contributed by atoms with Crippen LogP contribution >= 0.6 is 0 Å². The van der Waals surface area contributed by atoms with Crippen molar-refractivity contribution in [1.82, 2.24) is 9.88 Å². The minimum atomic E-state index is -0.176. The zero-order chi connectivity index (χ0) is 19.6. The standard InChI is InChI=1S/C23H28N2O3/c1-17-5-3-7-19(13-17)22(26)25-15-23(16-25)20(10-12-28-23)9-11-27-14-21-8-4-6-18(2)24-21/h3-8,13,20H,9-12,14-16H2,1-2H3/t20-/m1/s1. The maximum atomic E-state index is 12.7. The van der Waals surface area contributed by atoms with Gasteiger partial charge in [-0.15, -0.1) is 0 Å². The lowest BCUT2D eigenvalue weighted by Gasteiger charge is -2.50. The molecule has 0 bridgehead atoms. The van der Waals surface area contributed by atoms with Crippen molar-refractivity contribution in [2.45, 2.75) is 38.9 Å². The third-order valence-electron chi connectivity index (χ3n) is 5.88. The molecule has 1 aromatic heterocycles. The molecule has 1 amide bonds. The monoisotopic (exact) mass is 380 g/mol. The number of benzene rings is 1. The minimum Gasteiger partial charge on any atom is -0.375 e. The van der Waals surface area contributed by atoms with Gasteiger partial charge in [-0.25, -0.2) is 0 Å². The summed E-state index contributed by atoms with van der Waals surface area (Å²) in [6.45, 7) is 7.38. The second-order valence-corrected chi connectivity index (χ2v) is 8.04. The molecule has 2 aromatic rings. The van der Waals surface area contributed by atoms with Crippen LogP contribution in [0.25, 0.3) is 0 Å². The molecule has 0 unspecified atom stereocenters. The summed E-state index contributed by atoms with van der Waals surface area (Å²) in [6, 6.07) is 13.8. The van der Waals surface area contributed by atoms with Gasteiger partial charge in [0.1, 0.15) is 5.60 Å². The van der Waals surface area contributed by atoms with E-state index in [1.807, 2.05) is 61.2 Å². The quantitative estimate of drug-likeness (QED) is 0.720. The molecule has 1 aromatic carbocycles. The molecule has 28 heavy (non-hydrogen) atoms. The molecule has 0 aliphatic carbocycles. The second-order valence-electron chi connectivity index (χ2n) is 8.04. The van der Waals surface area contributed by atoms with Crippen LogP contribution in [0.3, 0.4) is 0 Å². The van der Waals surface area contributed by atoms with Gasteiger partial charge in [0.25, 0.3) is 5.91 Å². The smallest absolute Gasteiger partial charge is 0.254 e. The highest BCUT2D eigenvalue weighted by Gasteiger charge is 2.54. The third-order valence-corrected chi connectivity index (χ3v) is 5.88. The van der Waals surface area contributed by atoms with Crippen molar-refractivity contribution in [3.8, 4) is 0 Å². The molecule has 2 aliphatic rings. The highest BCUT2D eigenvalue weighted by atomic mass is 16.5. The van der Waals surface area contributed by atoms with Gasteiger partial charge in [-0.3, -0.25) is 9.78 Å². The number of pyridine rings is 1. The summed E-state index contributed by atoms with van der Waals surface area (Å²) in [4.78, 5) is 19.1. The van der Waals surface area contributed by atoms with Crippen molar-refractivity contribution in [3.63, 3.8) is 0 Å². The number of hydrogen-bond donors (Lipinski definition) is 0. The molecular weight excluding hydrogens is 352 g/mol. The number of aromatic nitrogens is 1. The summed E-state index contributed by atoms with van der Waals surface area (Å²) >= 11 is 0. The molecule has 2 aliphatic heterocycles. The Labute approximate surface area is 166 Å². The van der Waals surface area contributed by atoms with Crippen molar-refractivity contribution in [1.29, 1.82) is 0 Å². The Hall–Kier alpha value is -2.24. The number of hydrogen-bond acceptors (Lipinski definition) is 4. The van der Waals surface area contributed by atoms with Gasteiger partial charge in [0.05, 0.1) is 25.4 Å². The lowest BCUT2D eigenvalue weighted by atomic mass is 9.79. The number of carbonyl (C=O) groups excluding carboxylic acids is 1. The van der Waals surface area contributed by atoms with Crippen LogP contribution in [0, 0.1) is 19.8 Å². The van der Waals surface area contributed by atoms with Crippen LogP contribution < -0.4 is 0 Å². The van der Waals surface area contributed by atoms with Crippen molar-refractivity contribution in [2.24, 2.45) is 5.92 Å². The minimum absolute atomic E-state index is 0.102. The van der Waals surface area contributed by atoms with E-state index < -0.39 is 0 Å². The van der Waals surface area contributed by atoms with Crippen molar-refractivity contribution >= 4 is 5.91 Å². The fourth-order valence-corrected chi connectivity index (χ4v) is 4.33. The van der Waals surface area contributed by atoms with Crippen LogP contribution in [0.1, 0.15) is 40.2 Å². The lowest BCUT2D eigenvalue weighted by Crippen LogP contribution is -2.66. The van der Waals surface area contributed by atoms with E-state index >= 15 is 0 Å². The van der Waals surface area contributed by atoms with E-state index in [4.69, 9.17) is 9.47 Å². The molecule has 0 radical (unpaired) electrons. The molecule has 5 nitrogen and oxygen atoms in total. The Morgan fingerprint density at radius 1 is 1.25 bits per heavy atom. The first kappa shape index (κ1) is 19.1. The maximum absolute atomic E-state index is 12.7. The number of carbonyl (C=O) groups is 1. The Bertz CT molecular complexity index is 845. The fourth-order valence-electron chi connectivity index (χ4n) is 4.33. The Balaban J connectivity index is 1.27. The van der Waals surface area contributed by atoms with E-state index in [0.717, 1.165) is 42.0 Å². The zero-order valence-electron chi connectivity index (χ0n) is 16.7. The van der Waals surface area contributed by atoms with E-state index in [-0.39, 0.29) is 11.5 Å². The van der Waals surface area contributed by atoms with Gasteiger partial charge in [0.15, 0.2) is 0 Å². The molecule has 0 N–H and O–H groups in total. The van der Waals surface area contributed by atoms with E-state index in [0.29, 0.717) is 32.2 Å². The Morgan fingerprint density at radius 3 is 2.86 bits per heavy atom. The van der Waals surface area contributed by atoms with Crippen LogP contribution in [0.4, 0.5) is 0 Å². The Kier molecular flexibility index (Phi) is 5.47. The summed E-state index contributed by atoms with van der Waals surface area (Å²) in [6.07, 6.45) is 2.00. The van der Waals surface area contributed by atoms with Gasteiger partial charge in [-0.2, -0.15) is 0 Å². The number of aryl methyl sites for hydroxylation is 2. The highest BCUT2D eigenvalue weighted by Crippen LogP contribution is 2.42. The molecule has 1 spiro atoms. The Morgan fingerprint density at radius 2 is 2.07 bits per heavy atom. The van der Waals surface area contributed by atoms with Crippen molar-refractivity contribution in [3.05, 3.63) is 65.0 Å². The second kappa shape index (κ2) is 8.02.